The van der Waals surface area contributed by atoms with Crippen LogP contribution in [0.2, 0.25) is 0 Å². The van der Waals surface area contributed by atoms with Crippen LogP contribution < -0.4 is 0 Å². The zero-order chi connectivity index (χ0) is 32.6. The Bertz CT molecular complexity index is 2580. The van der Waals surface area contributed by atoms with Gasteiger partial charge >= 0.3 is 0 Å². The summed E-state index contributed by atoms with van der Waals surface area (Å²) in [5, 5.41) is 1.09. The number of pyridine rings is 1. The van der Waals surface area contributed by atoms with E-state index < -0.39 is 0 Å². The van der Waals surface area contributed by atoms with Crippen molar-refractivity contribution in [1.29, 1.82) is 0 Å². The minimum absolute atomic E-state index is 0.597. The predicted octanol–water partition coefficient (Wildman–Crippen LogP) is 10.7. The van der Waals surface area contributed by atoms with Gasteiger partial charge in [-0.1, -0.05) is 133 Å². The summed E-state index contributed by atoms with van der Waals surface area (Å²) in [6, 6.07) is 60.4. The van der Waals surface area contributed by atoms with E-state index in [2.05, 4.69) is 126 Å². The molecule has 0 amide bonds. The second kappa shape index (κ2) is 12.1. The number of hydrogen-bond donors (Lipinski definition) is 0. The Balaban J connectivity index is 1.13. The van der Waals surface area contributed by atoms with E-state index in [1.807, 2.05) is 54.6 Å². The fourth-order valence-electron chi connectivity index (χ4n) is 6.36. The number of hydrogen-bond acceptors (Lipinski definition) is 4. The molecule has 9 rings (SSSR count). The lowest BCUT2D eigenvalue weighted by molar-refractivity contribution is 1.10. The van der Waals surface area contributed by atoms with Gasteiger partial charge in [-0.15, -0.1) is 0 Å². The van der Waals surface area contributed by atoms with Crippen molar-refractivity contribution >= 4 is 21.9 Å². The predicted molar refractivity (Wildman–Crippen MR) is 199 cm³/mol. The van der Waals surface area contributed by atoms with Gasteiger partial charge < -0.3 is 0 Å². The molecule has 0 saturated carbocycles. The minimum Gasteiger partial charge on any atom is -0.292 e. The summed E-state index contributed by atoms with van der Waals surface area (Å²) < 4.78 is 2.25. The molecule has 0 atom stereocenters. The highest BCUT2D eigenvalue weighted by Crippen LogP contribution is 2.33. The number of para-hydroxylation sites is 2. The molecule has 0 bridgehead atoms. The molecule has 0 aliphatic heterocycles. The van der Waals surface area contributed by atoms with Crippen molar-refractivity contribution < 1.29 is 0 Å². The standard InChI is InChI=1S/C44H29N5/c1-4-12-31(13-5-1)40-29-41(47-43(46-40)39-27-24-32-14-10-11-19-37(32)45-39)33-22-20-30(21-23-33)35-25-26-38-42(28-35)49(36-17-8-3-9-18-36)44(48-38)34-15-6-2-7-16-34/h1-29H. The Morgan fingerprint density at radius 1 is 0.347 bits per heavy atom. The summed E-state index contributed by atoms with van der Waals surface area (Å²) in [7, 11) is 0. The molecule has 0 spiro atoms. The molecule has 3 aromatic heterocycles. The van der Waals surface area contributed by atoms with Gasteiger partial charge in [-0.2, -0.15) is 0 Å². The monoisotopic (exact) mass is 627 g/mol. The molecule has 5 nitrogen and oxygen atoms in total. The van der Waals surface area contributed by atoms with E-state index in [9.17, 15) is 0 Å². The minimum atomic E-state index is 0.597. The van der Waals surface area contributed by atoms with Gasteiger partial charge in [0.1, 0.15) is 11.5 Å². The van der Waals surface area contributed by atoms with Crippen LogP contribution >= 0.6 is 0 Å². The maximum absolute atomic E-state index is 5.07. The number of fused-ring (bicyclic) bond motifs is 2. The molecular formula is C44H29N5. The summed E-state index contributed by atoms with van der Waals surface area (Å²) in [6.45, 7) is 0. The van der Waals surface area contributed by atoms with Gasteiger partial charge in [-0.25, -0.2) is 19.9 Å². The maximum Gasteiger partial charge on any atom is 0.179 e. The van der Waals surface area contributed by atoms with E-state index in [1.165, 1.54) is 0 Å². The van der Waals surface area contributed by atoms with Gasteiger partial charge in [0.05, 0.1) is 27.9 Å². The van der Waals surface area contributed by atoms with E-state index in [0.717, 1.165) is 78.3 Å². The first kappa shape index (κ1) is 28.5. The highest BCUT2D eigenvalue weighted by atomic mass is 15.1. The first-order chi connectivity index (χ1) is 24.3. The van der Waals surface area contributed by atoms with Crippen LogP contribution in [-0.2, 0) is 0 Å². The van der Waals surface area contributed by atoms with Gasteiger partial charge in [0.25, 0.3) is 0 Å². The SMILES string of the molecule is c1ccc(-c2cc(-c3ccc(-c4ccc5nc(-c6ccccc6)n(-c6ccccc6)c5c4)cc3)nc(-c3ccc4ccccc4n3)n2)cc1. The second-order valence-electron chi connectivity index (χ2n) is 12.0. The molecule has 5 heteroatoms. The van der Waals surface area contributed by atoms with E-state index in [1.54, 1.807) is 0 Å². The lowest BCUT2D eigenvalue weighted by atomic mass is 10.0. The lowest BCUT2D eigenvalue weighted by Crippen LogP contribution is -1.98. The quantitative estimate of drug-likeness (QED) is 0.184. The van der Waals surface area contributed by atoms with Crippen molar-refractivity contribution in [2.24, 2.45) is 0 Å². The average Bonchev–Trinajstić information content (AvgIpc) is 3.58. The molecule has 0 aliphatic rings. The summed E-state index contributed by atoms with van der Waals surface area (Å²) in [4.78, 5) is 20.0. The highest BCUT2D eigenvalue weighted by molar-refractivity contribution is 5.88. The van der Waals surface area contributed by atoms with Gasteiger partial charge in [0, 0.05) is 27.8 Å². The van der Waals surface area contributed by atoms with Gasteiger partial charge in [0.2, 0.25) is 0 Å². The van der Waals surface area contributed by atoms with E-state index in [-0.39, 0.29) is 0 Å². The molecule has 0 aliphatic carbocycles. The van der Waals surface area contributed by atoms with Gasteiger partial charge in [-0.3, -0.25) is 4.57 Å². The summed E-state index contributed by atoms with van der Waals surface area (Å²) in [6.07, 6.45) is 0. The molecule has 0 unspecified atom stereocenters. The van der Waals surface area contributed by atoms with Crippen LogP contribution in [0.5, 0.6) is 0 Å². The maximum atomic E-state index is 5.07. The van der Waals surface area contributed by atoms with Crippen molar-refractivity contribution in [2.45, 2.75) is 0 Å². The Labute approximate surface area is 283 Å². The molecule has 9 aromatic rings. The first-order valence-corrected chi connectivity index (χ1v) is 16.3. The molecule has 3 heterocycles. The summed E-state index contributed by atoms with van der Waals surface area (Å²) in [5.41, 5.74) is 11.8. The largest absolute Gasteiger partial charge is 0.292 e. The molecule has 6 aromatic carbocycles. The topological polar surface area (TPSA) is 56.5 Å². The Kier molecular flexibility index (Phi) is 7.06. The fraction of sp³-hybridized carbons (Fsp3) is 0. The Hall–Kier alpha value is -6.72. The van der Waals surface area contributed by atoms with Crippen molar-refractivity contribution in [1.82, 2.24) is 24.5 Å². The lowest BCUT2D eigenvalue weighted by Gasteiger charge is -2.11. The molecule has 0 fully saturated rings. The summed E-state index contributed by atoms with van der Waals surface area (Å²) >= 11 is 0. The molecule has 0 radical (unpaired) electrons. The normalized spacial score (nSPS) is 11.3. The third kappa shape index (κ3) is 5.43. The van der Waals surface area contributed by atoms with Crippen LogP contribution in [0.15, 0.2) is 176 Å². The van der Waals surface area contributed by atoms with Crippen molar-refractivity contribution in [2.75, 3.05) is 0 Å². The van der Waals surface area contributed by atoms with Crippen molar-refractivity contribution in [3.63, 3.8) is 0 Å². The Morgan fingerprint density at radius 2 is 0.939 bits per heavy atom. The third-order valence-corrected chi connectivity index (χ3v) is 8.84. The van der Waals surface area contributed by atoms with E-state index in [4.69, 9.17) is 19.9 Å². The van der Waals surface area contributed by atoms with E-state index >= 15 is 0 Å². The smallest absolute Gasteiger partial charge is 0.179 e. The third-order valence-electron chi connectivity index (χ3n) is 8.84. The molecule has 230 valence electrons. The van der Waals surface area contributed by atoms with Gasteiger partial charge in [0.15, 0.2) is 5.82 Å². The molecular weight excluding hydrogens is 599 g/mol. The second-order valence-corrected chi connectivity index (χ2v) is 12.0. The zero-order valence-corrected chi connectivity index (χ0v) is 26.5. The van der Waals surface area contributed by atoms with Crippen LogP contribution in [0.4, 0.5) is 0 Å². The van der Waals surface area contributed by atoms with E-state index in [0.29, 0.717) is 5.82 Å². The zero-order valence-electron chi connectivity index (χ0n) is 26.5. The number of nitrogens with zero attached hydrogens (tertiary/aromatic N) is 5. The first-order valence-electron chi connectivity index (χ1n) is 16.3. The van der Waals surface area contributed by atoms with Crippen LogP contribution in [0.1, 0.15) is 0 Å². The van der Waals surface area contributed by atoms with Crippen LogP contribution in [0.25, 0.3) is 84.2 Å². The highest BCUT2D eigenvalue weighted by Gasteiger charge is 2.16. The summed E-state index contributed by atoms with van der Waals surface area (Å²) in [5.74, 6) is 1.52. The number of benzene rings is 6. The molecule has 49 heavy (non-hydrogen) atoms. The fourth-order valence-corrected chi connectivity index (χ4v) is 6.36. The molecule has 0 N–H and O–H groups in total. The Morgan fingerprint density at radius 3 is 1.67 bits per heavy atom. The number of aromatic nitrogens is 5. The van der Waals surface area contributed by atoms with Crippen LogP contribution in [0.3, 0.4) is 0 Å². The van der Waals surface area contributed by atoms with Crippen LogP contribution in [0, 0.1) is 0 Å². The van der Waals surface area contributed by atoms with Crippen molar-refractivity contribution in [3.05, 3.63) is 176 Å². The van der Waals surface area contributed by atoms with Gasteiger partial charge in [-0.05, 0) is 53.6 Å². The van der Waals surface area contributed by atoms with Crippen LogP contribution in [-0.4, -0.2) is 24.5 Å². The average molecular weight is 628 g/mol. The van der Waals surface area contributed by atoms with Crippen molar-refractivity contribution in [3.8, 4) is 62.2 Å². The number of imidazole rings is 1. The number of rotatable bonds is 6. The molecule has 0 saturated heterocycles.